The number of fused-ring (bicyclic) bond motifs is 1. The summed E-state index contributed by atoms with van der Waals surface area (Å²) in [5.74, 6) is 3.52. The lowest BCUT2D eigenvalue weighted by Crippen LogP contribution is -2.39. The van der Waals surface area contributed by atoms with Crippen LogP contribution in [0.4, 0.5) is 11.5 Å². The Balaban J connectivity index is 1.48. The molecule has 2 aliphatic heterocycles. The van der Waals surface area contributed by atoms with E-state index in [1.807, 2.05) is 19.2 Å². The van der Waals surface area contributed by atoms with Crippen molar-refractivity contribution in [2.75, 3.05) is 35.5 Å². The first-order valence-corrected chi connectivity index (χ1v) is 14.9. The van der Waals surface area contributed by atoms with Crippen LogP contribution in [0.25, 0.3) is 5.65 Å². The minimum Gasteiger partial charge on any atom is -0.355 e. The number of carbonyl (C=O) groups excluding carboxylic acids is 1. The molecule has 1 aromatic carbocycles. The molecule has 2 aliphatic rings. The lowest BCUT2D eigenvalue weighted by Gasteiger charge is -2.35. The molecule has 2 aromatic heterocycles. The maximum atomic E-state index is 13.8. The number of nitrogens with zero attached hydrogens (tertiary/aromatic N) is 5. The third-order valence-electron chi connectivity index (χ3n) is 7.36. The third-order valence-corrected chi connectivity index (χ3v) is 8.18. The summed E-state index contributed by atoms with van der Waals surface area (Å²) in [6, 6.07) is 6.23. The summed E-state index contributed by atoms with van der Waals surface area (Å²) in [4.78, 5) is 22.7. The van der Waals surface area contributed by atoms with Gasteiger partial charge in [-0.05, 0) is 57.7 Å². The number of aromatic nitrogens is 3. The van der Waals surface area contributed by atoms with Crippen LogP contribution in [-0.2, 0) is 10.0 Å². The second-order valence-corrected chi connectivity index (χ2v) is 12.8. The number of piperidine rings is 1. The number of hydrogen-bond acceptors (Lipinski definition) is 6. The molecule has 200 valence electrons. The van der Waals surface area contributed by atoms with Crippen molar-refractivity contribution in [3.8, 4) is 12.3 Å². The lowest BCUT2D eigenvalue weighted by atomic mass is 9.91. The molecule has 9 nitrogen and oxygen atoms in total. The molecule has 0 spiro atoms. The summed E-state index contributed by atoms with van der Waals surface area (Å²) < 4.78 is 28.0. The summed E-state index contributed by atoms with van der Waals surface area (Å²) >= 11 is 6.20. The molecule has 11 heteroatoms. The van der Waals surface area contributed by atoms with Crippen molar-refractivity contribution in [3.05, 3.63) is 52.3 Å². The summed E-state index contributed by atoms with van der Waals surface area (Å²) in [5.41, 5.74) is 2.69. The maximum Gasteiger partial charge on any atom is 0.256 e. The molecule has 1 N–H and O–H groups in total. The van der Waals surface area contributed by atoms with Crippen molar-refractivity contribution < 1.29 is 13.2 Å². The first kappa shape index (κ1) is 26.3. The Morgan fingerprint density at radius 2 is 2.05 bits per heavy atom. The zero-order valence-electron chi connectivity index (χ0n) is 21.7. The Bertz CT molecular complexity index is 1560. The number of amides is 1. The SMILES string of the molecule is C#CC1(C)CCN(c2nc3cc([C@@H]4CCCCN4C(=O)c4cc(Cl)ccc4NS(C)(=O)=O)nn3cc2C)C1. The Kier molecular flexibility index (Phi) is 6.78. The Morgan fingerprint density at radius 3 is 2.76 bits per heavy atom. The van der Waals surface area contributed by atoms with Crippen molar-refractivity contribution in [1.82, 2.24) is 19.5 Å². The number of nitrogens with one attached hydrogen (secondary N) is 1. The van der Waals surface area contributed by atoms with Gasteiger partial charge in [-0.2, -0.15) is 5.10 Å². The van der Waals surface area contributed by atoms with E-state index in [0.29, 0.717) is 17.2 Å². The molecular weight excluding hydrogens is 524 g/mol. The largest absolute Gasteiger partial charge is 0.355 e. The zero-order chi connectivity index (χ0) is 27.2. The van der Waals surface area contributed by atoms with Crippen LogP contribution < -0.4 is 9.62 Å². The first-order valence-electron chi connectivity index (χ1n) is 12.6. The molecule has 5 rings (SSSR count). The second-order valence-electron chi connectivity index (χ2n) is 10.6. The number of terminal acetylenes is 1. The highest BCUT2D eigenvalue weighted by Gasteiger charge is 2.35. The summed E-state index contributed by atoms with van der Waals surface area (Å²) in [5, 5.41) is 5.16. The van der Waals surface area contributed by atoms with Gasteiger partial charge in [0.2, 0.25) is 10.0 Å². The topological polar surface area (TPSA) is 99.9 Å². The fourth-order valence-electron chi connectivity index (χ4n) is 5.38. The standard InChI is InChI=1S/C27H31ClN6O3S/c1-5-27(3)11-13-32(17-27)25-18(2)16-34-24(29-25)15-22(30-34)23-8-6-7-12-33(23)26(35)20-14-19(28)9-10-21(20)31-38(4,36)37/h1,9-10,14-16,23,31H,6-8,11-13,17H2,2-4H3/t23-,27?/m0/s1. The molecule has 0 radical (unpaired) electrons. The molecule has 1 amide bonds. The monoisotopic (exact) mass is 554 g/mol. The van der Waals surface area contributed by atoms with E-state index in [9.17, 15) is 13.2 Å². The average Bonchev–Trinajstić information content (AvgIpc) is 3.47. The van der Waals surface area contributed by atoms with Crippen LogP contribution in [0.15, 0.2) is 30.5 Å². The summed E-state index contributed by atoms with van der Waals surface area (Å²) in [6.45, 7) is 6.24. The van der Waals surface area contributed by atoms with E-state index in [2.05, 4.69) is 22.5 Å². The number of halogens is 1. The Morgan fingerprint density at radius 1 is 1.26 bits per heavy atom. The molecule has 0 saturated carbocycles. The maximum absolute atomic E-state index is 13.8. The fourth-order valence-corrected chi connectivity index (χ4v) is 6.13. The van der Waals surface area contributed by atoms with Gasteiger partial charge in [-0.25, -0.2) is 17.9 Å². The lowest BCUT2D eigenvalue weighted by molar-refractivity contribution is 0.0607. The fraction of sp³-hybridized carbons (Fsp3) is 0.444. The average molecular weight is 555 g/mol. The van der Waals surface area contributed by atoms with Gasteiger partial charge >= 0.3 is 0 Å². The predicted molar refractivity (Wildman–Crippen MR) is 149 cm³/mol. The van der Waals surface area contributed by atoms with Crippen molar-refractivity contribution in [2.24, 2.45) is 5.41 Å². The van der Waals surface area contributed by atoms with Gasteiger partial charge in [0, 0.05) is 47.9 Å². The van der Waals surface area contributed by atoms with Gasteiger partial charge in [0.15, 0.2) is 5.65 Å². The quantitative estimate of drug-likeness (QED) is 0.473. The molecule has 0 bridgehead atoms. The van der Waals surface area contributed by atoms with Crippen molar-refractivity contribution in [2.45, 2.75) is 45.6 Å². The van der Waals surface area contributed by atoms with E-state index < -0.39 is 10.0 Å². The second kappa shape index (κ2) is 9.79. The Labute approximate surface area is 228 Å². The van der Waals surface area contributed by atoms with Crippen molar-refractivity contribution in [1.29, 1.82) is 0 Å². The minimum atomic E-state index is -3.59. The highest BCUT2D eigenvalue weighted by Crippen LogP contribution is 2.36. The Hall–Kier alpha value is -3.29. The van der Waals surface area contributed by atoms with Gasteiger partial charge < -0.3 is 9.80 Å². The van der Waals surface area contributed by atoms with E-state index in [0.717, 1.165) is 62.1 Å². The number of aryl methyl sites for hydroxylation is 1. The van der Waals surface area contributed by atoms with Gasteiger partial charge in [-0.15, -0.1) is 6.42 Å². The molecule has 38 heavy (non-hydrogen) atoms. The van der Waals surface area contributed by atoms with Crippen LogP contribution in [0.5, 0.6) is 0 Å². The first-order chi connectivity index (χ1) is 18.0. The van der Waals surface area contributed by atoms with E-state index in [1.54, 1.807) is 15.5 Å². The molecule has 2 saturated heterocycles. The van der Waals surface area contributed by atoms with Crippen molar-refractivity contribution >= 4 is 44.7 Å². The number of rotatable bonds is 5. The van der Waals surface area contributed by atoms with Crippen LogP contribution in [0.2, 0.25) is 5.02 Å². The molecule has 4 heterocycles. The molecule has 0 aliphatic carbocycles. The number of anilines is 2. The normalized spacial score (nSPS) is 22.0. The van der Waals surface area contributed by atoms with Crippen LogP contribution in [0.1, 0.15) is 60.3 Å². The van der Waals surface area contributed by atoms with E-state index in [1.165, 1.54) is 12.1 Å². The highest BCUT2D eigenvalue weighted by atomic mass is 35.5. The van der Waals surface area contributed by atoms with Crippen LogP contribution in [-0.4, -0.2) is 59.7 Å². The summed E-state index contributed by atoms with van der Waals surface area (Å²) in [7, 11) is -3.59. The summed E-state index contributed by atoms with van der Waals surface area (Å²) in [6.07, 6.45) is 12.2. The molecular formula is C27H31ClN6O3S. The van der Waals surface area contributed by atoms with Gasteiger partial charge in [-0.1, -0.05) is 17.5 Å². The smallest absolute Gasteiger partial charge is 0.256 e. The number of carbonyl (C=O) groups is 1. The van der Waals surface area contributed by atoms with Crippen LogP contribution in [0, 0.1) is 24.7 Å². The molecule has 1 unspecified atom stereocenters. The number of sulfonamides is 1. The number of hydrogen-bond donors (Lipinski definition) is 1. The van der Waals surface area contributed by atoms with Gasteiger partial charge in [-0.3, -0.25) is 9.52 Å². The van der Waals surface area contributed by atoms with Crippen LogP contribution in [0.3, 0.4) is 0 Å². The van der Waals surface area contributed by atoms with Crippen molar-refractivity contribution in [3.63, 3.8) is 0 Å². The van der Waals surface area contributed by atoms with Gasteiger partial charge in [0.25, 0.3) is 5.91 Å². The number of likely N-dealkylation sites (tertiary alicyclic amines) is 1. The third kappa shape index (κ3) is 5.18. The van der Waals surface area contributed by atoms with E-state index in [-0.39, 0.29) is 28.6 Å². The molecule has 2 atom stereocenters. The van der Waals surface area contributed by atoms with E-state index in [4.69, 9.17) is 28.1 Å². The molecule has 2 fully saturated rings. The molecule has 3 aromatic rings. The predicted octanol–water partition coefficient (Wildman–Crippen LogP) is 4.28. The van der Waals surface area contributed by atoms with Gasteiger partial charge in [0.1, 0.15) is 5.82 Å². The number of benzene rings is 1. The van der Waals surface area contributed by atoms with Crippen LogP contribution >= 0.6 is 11.6 Å². The van der Waals surface area contributed by atoms with E-state index >= 15 is 0 Å². The van der Waals surface area contributed by atoms with Gasteiger partial charge in [0.05, 0.1) is 29.2 Å². The highest BCUT2D eigenvalue weighted by molar-refractivity contribution is 7.92. The zero-order valence-corrected chi connectivity index (χ0v) is 23.3. The minimum absolute atomic E-state index is 0.167.